The second-order valence-electron chi connectivity index (χ2n) is 3.11. The van der Waals surface area contributed by atoms with Gasteiger partial charge in [-0.15, -0.1) is 11.3 Å². The summed E-state index contributed by atoms with van der Waals surface area (Å²) >= 11 is 3.56. The van der Waals surface area contributed by atoms with E-state index in [1.165, 1.54) is 10.8 Å². The largest absolute Gasteiger partial charge is 0.315 e. The van der Waals surface area contributed by atoms with Gasteiger partial charge in [0.05, 0.1) is 0 Å². The third kappa shape index (κ3) is 5.29. The minimum absolute atomic E-state index is 0.602. The average Bonchev–Trinajstić information content (AvgIpc) is 2.55. The van der Waals surface area contributed by atoms with Crippen molar-refractivity contribution in [3.8, 4) is 0 Å². The Bertz CT molecular complexity index is 209. The van der Waals surface area contributed by atoms with Crippen LogP contribution in [0.5, 0.6) is 0 Å². The molecular formula is C9H16N2S2. The van der Waals surface area contributed by atoms with Gasteiger partial charge in [0.15, 0.2) is 0 Å². The molecule has 13 heavy (non-hydrogen) atoms. The lowest BCUT2D eigenvalue weighted by Crippen LogP contribution is -2.23. The Balaban J connectivity index is 1.96. The zero-order chi connectivity index (χ0) is 9.52. The first kappa shape index (κ1) is 11.0. The molecule has 0 saturated heterocycles. The summed E-state index contributed by atoms with van der Waals surface area (Å²) in [5.41, 5.74) is 0. The van der Waals surface area contributed by atoms with Crippen molar-refractivity contribution in [1.82, 2.24) is 10.3 Å². The van der Waals surface area contributed by atoms with Crippen molar-refractivity contribution in [2.24, 2.45) is 0 Å². The molecule has 4 heteroatoms. The maximum atomic E-state index is 4.21. The molecule has 0 amide bonds. The van der Waals surface area contributed by atoms with Crippen LogP contribution in [0, 0.1) is 0 Å². The predicted molar refractivity (Wildman–Crippen MR) is 60.6 cm³/mol. The standard InChI is InChI=1S/C9H16N2S2/c1-8(2)10-4-3-6-12-9-11-5-7-13-9/h5,7-8,10H,3-4,6H2,1-2H3. The summed E-state index contributed by atoms with van der Waals surface area (Å²) < 4.78 is 1.18. The van der Waals surface area contributed by atoms with Crippen LogP contribution in [0.1, 0.15) is 20.3 Å². The summed E-state index contributed by atoms with van der Waals surface area (Å²) in [7, 11) is 0. The molecule has 0 saturated carbocycles. The lowest BCUT2D eigenvalue weighted by molar-refractivity contribution is 0.586. The number of aromatic nitrogens is 1. The molecule has 0 spiro atoms. The topological polar surface area (TPSA) is 24.9 Å². The van der Waals surface area contributed by atoms with Crippen molar-refractivity contribution in [3.05, 3.63) is 11.6 Å². The average molecular weight is 216 g/mol. The van der Waals surface area contributed by atoms with Gasteiger partial charge in [-0.25, -0.2) is 4.98 Å². The fourth-order valence-corrected chi connectivity index (χ4v) is 2.55. The molecule has 0 bridgehead atoms. The third-order valence-corrected chi connectivity index (χ3v) is 3.56. The molecule has 0 fully saturated rings. The summed E-state index contributed by atoms with van der Waals surface area (Å²) in [5.74, 6) is 1.16. The van der Waals surface area contributed by atoms with Crippen LogP contribution in [-0.2, 0) is 0 Å². The van der Waals surface area contributed by atoms with E-state index in [0.29, 0.717) is 6.04 Å². The van der Waals surface area contributed by atoms with Crippen LogP contribution >= 0.6 is 23.1 Å². The van der Waals surface area contributed by atoms with Crippen molar-refractivity contribution in [1.29, 1.82) is 0 Å². The molecule has 1 rings (SSSR count). The van der Waals surface area contributed by atoms with Crippen LogP contribution in [0.2, 0.25) is 0 Å². The Kier molecular flexibility index (Phi) is 5.43. The maximum Gasteiger partial charge on any atom is 0.149 e. The van der Waals surface area contributed by atoms with Gasteiger partial charge in [0.2, 0.25) is 0 Å². The number of thiazole rings is 1. The van der Waals surface area contributed by atoms with Crippen molar-refractivity contribution in [2.75, 3.05) is 12.3 Å². The van der Waals surface area contributed by atoms with E-state index < -0.39 is 0 Å². The minimum Gasteiger partial charge on any atom is -0.315 e. The zero-order valence-electron chi connectivity index (χ0n) is 8.12. The molecule has 0 aliphatic rings. The van der Waals surface area contributed by atoms with Crippen LogP contribution in [0.4, 0.5) is 0 Å². The molecule has 1 heterocycles. The second kappa shape index (κ2) is 6.40. The monoisotopic (exact) mass is 216 g/mol. The van der Waals surface area contributed by atoms with Crippen LogP contribution in [-0.4, -0.2) is 23.3 Å². The zero-order valence-corrected chi connectivity index (χ0v) is 9.75. The Morgan fingerprint density at radius 3 is 3.08 bits per heavy atom. The Morgan fingerprint density at radius 1 is 1.62 bits per heavy atom. The van der Waals surface area contributed by atoms with Crippen LogP contribution in [0.25, 0.3) is 0 Å². The number of hydrogen-bond donors (Lipinski definition) is 1. The maximum absolute atomic E-state index is 4.21. The van der Waals surface area contributed by atoms with Gasteiger partial charge < -0.3 is 5.32 Å². The molecular weight excluding hydrogens is 200 g/mol. The summed E-state index contributed by atoms with van der Waals surface area (Å²) in [4.78, 5) is 4.21. The molecule has 2 nitrogen and oxygen atoms in total. The van der Waals surface area contributed by atoms with Crippen molar-refractivity contribution in [3.63, 3.8) is 0 Å². The summed E-state index contributed by atoms with van der Waals surface area (Å²) in [6.07, 6.45) is 3.07. The number of thioether (sulfide) groups is 1. The van der Waals surface area contributed by atoms with Gasteiger partial charge in [0, 0.05) is 23.4 Å². The van der Waals surface area contributed by atoms with Crippen molar-refractivity contribution in [2.45, 2.75) is 30.6 Å². The van der Waals surface area contributed by atoms with E-state index in [0.717, 1.165) is 12.3 Å². The highest BCUT2D eigenvalue weighted by Gasteiger charge is 1.96. The highest BCUT2D eigenvalue weighted by molar-refractivity contribution is 8.00. The minimum atomic E-state index is 0.602. The molecule has 1 aromatic heterocycles. The van der Waals surface area contributed by atoms with E-state index in [1.54, 1.807) is 11.3 Å². The quantitative estimate of drug-likeness (QED) is 0.584. The summed E-state index contributed by atoms with van der Waals surface area (Å²) in [5, 5.41) is 5.42. The molecule has 0 aromatic carbocycles. The summed E-state index contributed by atoms with van der Waals surface area (Å²) in [6, 6.07) is 0.602. The number of rotatable bonds is 6. The van der Waals surface area contributed by atoms with Crippen LogP contribution in [0.3, 0.4) is 0 Å². The lowest BCUT2D eigenvalue weighted by atomic mass is 10.4. The fraction of sp³-hybridized carbons (Fsp3) is 0.667. The molecule has 0 radical (unpaired) electrons. The van der Waals surface area contributed by atoms with Crippen LogP contribution < -0.4 is 5.32 Å². The highest BCUT2D eigenvalue weighted by atomic mass is 32.2. The Morgan fingerprint density at radius 2 is 2.46 bits per heavy atom. The van der Waals surface area contributed by atoms with Crippen molar-refractivity contribution >= 4 is 23.1 Å². The van der Waals surface area contributed by atoms with Gasteiger partial charge >= 0.3 is 0 Å². The molecule has 0 aliphatic carbocycles. The van der Waals surface area contributed by atoms with E-state index in [-0.39, 0.29) is 0 Å². The summed E-state index contributed by atoms with van der Waals surface area (Å²) in [6.45, 7) is 5.46. The predicted octanol–water partition coefficient (Wildman–Crippen LogP) is 2.62. The first-order chi connectivity index (χ1) is 6.29. The Hall–Kier alpha value is -0.0600. The normalized spacial score (nSPS) is 11.0. The van der Waals surface area contributed by atoms with Crippen LogP contribution in [0.15, 0.2) is 15.9 Å². The molecule has 0 unspecified atom stereocenters. The van der Waals surface area contributed by atoms with E-state index in [2.05, 4.69) is 24.1 Å². The third-order valence-electron chi connectivity index (χ3n) is 1.51. The number of nitrogens with zero attached hydrogens (tertiary/aromatic N) is 1. The number of nitrogens with one attached hydrogen (secondary N) is 1. The van der Waals surface area contributed by atoms with Gasteiger partial charge in [0.25, 0.3) is 0 Å². The fourth-order valence-electron chi connectivity index (χ4n) is 0.904. The lowest BCUT2D eigenvalue weighted by Gasteiger charge is -2.06. The van der Waals surface area contributed by atoms with E-state index in [1.807, 2.05) is 23.3 Å². The second-order valence-corrected chi connectivity index (χ2v) is 5.35. The van der Waals surface area contributed by atoms with Gasteiger partial charge in [0.1, 0.15) is 4.34 Å². The van der Waals surface area contributed by atoms with Crippen molar-refractivity contribution < 1.29 is 0 Å². The molecule has 0 atom stereocenters. The van der Waals surface area contributed by atoms with Gasteiger partial charge in [-0.1, -0.05) is 25.6 Å². The SMILES string of the molecule is CC(C)NCCCSc1nccs1. The molecule has 1 aromatic rings. The smallest absolute Gasteiger partial charge is 0.149 e. The van der Waals surface area contributed by atoms with E-state index >= 15 is 0 Å². The number of hydrogen-bond acceptors (Lipinski definition) is 4. The molecule has 74 valence electrons. The highest BCUT2D eigenvalue weighted by Crippen LogP contribution is 2.20. The van der Waals surface area contributed by atoms with Gasteiger partial charge in [-0.3, -0.25) is 0 Å². The van der Waals surface area contributed by atoms with E-state index in [4.69, 9.17) is 0 Å². The van der Waals surface area contributed by atoms with E-state index in [9.17, 15) is 0 Å². The molecule has 0 aliphatic heterocycles. The first-order valence-electron chi connectivity index (χ1n) is 4.54. The van der Waals surface area contributed by atoms with Gasteiger partial charge in [-0.05, 0) is 13.0 Å². The Labute approximate surface area is 88.2 Å². The molecule has 1 N–H and O–H groups in total. The van der Waals surface area contributed by atoms with Gasteiger partial charge in [-0.2, -0.15) is 0 Å². The first-order valence-corrected chi connectivity index (χ1v) is 6.41.